The first-order valence-corrected chi connectivity index (χ1v) is 4.82. The number of carboxylic acid groups (broad SMARTS) is 1. The van der Waals surface area contributed by atoms with Gasteiger partial charge in [0.15, 0.2) is 17.1 Å². The summed E-state index contributed by atoms with van der Waals surface area (Å²) < 4.78 is 4.80. The standard InChI is InChI=1S/C11H14O6/c1-11(16,10(14)15)5-6-3-7(12)9(13)8(4-6)17-2/h3-4,12-13,16H,5H2,1-2H3,(H,14,15). The summed E-state index contributed by atoms with van der Waals surface area (Å²) in [7, 11) is 1.30. The minimum absolute atomic E-state index is 0.0150. The minimum atomic E-state index is -1.95. The molecule has 1 unspecified atom stereocenters. The molecular formula is C11H14O6. The summed E-state index contributed by atoms with van der Waals surface area (Å²) in [6.07, 6.45) is -0.216. The van der Waals surface area contributed by atoms with E-state index < -0.39 is 23.1 Å². The van der Waals surface area contributed by atoms with Crippen molar-refractivity contribution in [2.45, 2.75) is 18.9 Å². The number of hydrogen-bond donors (Lipinski definition) is 4. The van der Waals surface area contributed by atoms with Gasteiger partial charge in [-0.25, -0.2) is 4.79 Å². The van der Waals surface area contributed by atoms with Crippen molar-refractivity contribution < 1.29 is 30.0 Å². The third-order valence-corrected chi connectivity index (χ3v) is 2.34. The SMILES string of the molecule is COc1cc(CC(C)(O)C(=O)O)cc(O)c1O. The Kier molecular flexibility index (Phi) is 3.47. The van der Waals surface area contributed by atoms with E-state index in [1.165, 1.54) is 19.2 Å². The van der Waals surface area contributed by atoms with Crippen LogP contribution in [-0.2, 0) is 11.2 Å². The van der Waals surface area contributed by atoms with Crippen LogP contribution in [0.25, 0.3) is 0 Å². The summed E-state index contributed by atoms with van der Waals surface area (Å²) in [5, 5.41) is 37.1. The highest BCUT2D eigenvalue weighted by molar-refractivity contribution is 5.77. The number of benzene rings is 1. The van der Waals surface area contributed by atoms with Crippen molar-refractivity contribution in [2.75, 3.05) is 7.11 Å². The normalized spacial score (nSPS) is 14.1. The van der Waals surface area contributed by atoms with Crippen LogP contribution in [-0.4, -0.2) is 39.1 Å². The van der Waals surface area contributed by atoms with Crippen LogP contribution in [0.2, 0.25) is 0 Å². The Morgan fingerprint density at radius 2 is 2.00 bits per heavy atom. The second kappa shape index (κ2) is 4.50. The summed E-state index contributed by atoms with van der Waals surface area (Å²) in [5.74, 6) is -2.21. The predicted octanol–water partition coefficient (Wildman–Crippen LogP) is 0.484. The number of ether oxygens (including phenoxy) is 1. The van der Waals surface area contributed by atoms with Crippen LogP contribution in [0.1, 0.15) is 12.5 Å². The molecule has 1 aromatic rings. The average molecular weight is 242 g/mol. The van der Waals surface area contributed by atoms with Crippen LogP contribution >= 0.6 is 0 Å². The van der Waals surface area contributed by atoms with Gasteiger partial charge in [0.1, 0.15) is 0 Å². The van der Waals surface area contributed by atoms with Gasteiger partial charge in [-0.05, 0) is 24.6 Å². The van der Waals surface area contributed by atoms with Gasteiger partial charge in [0.05, 0.1) is 7.11 Å². The fourth-order valence-corrected chi connectivity index (χ4v) is 1.38. The van der Waals surface area contributed by atoms with E-state index in [-0.39, 0.29) is 12.2 Å². The molecule has 0 spiro atoms. The number of phenolic OH excluding ortho intramolecular Hbond substituents is 2. The number of carboxylic acids is 1. The van der Waals surface area contributed by atoms with Crippen LogP contribution in [0.4, 0.5) is 0 Å². The second-order valence-electron chi connectivity index (χ2n) is 3.92. The van der Waals surface area contributed by atoms with E-state index in [0.717, 1.165) is 6.92 Å². The van der Waals surface area contributed by atoms with E-state index in [0.29, 0.717) is 5.56 Å². The van der Waals surface area contributed by atoms with E-state index >= 15 is 0 Å². The van der Waals surface area contributed by atoms with Gasteiger partial charge in [-0.2, -0.15) is 0 Å². The second-order valence-corrected chi connectivity index (χ2v) is 3.92. The van der Waals surface area contributed by atoms with Crippen molar-refractivity contribution in [3.05, 3.63) is 17.7 Å². The lowest BCUT2D eigenvalue weighted by molar-refractivity contribution is -0.156. The van der Waals surface area contributed by atoms with Gasteiger partial charge in [0.2, 0.25) is 5.75 Å². The molecule has 0 saturated carbocycles. The molecule has 17 heavy (non-hydrogen) atoms. The Morgan fingerprint density at radius 1 is 1.41 bits per heavy atom. The molecule has 1 rings (SSSR count). The molecule has 0 heterocycles. The van der Waals surface area contributed by atoms with E-state index in [2.05, 4.69) is 0 Å². The van der Waals surface area contributed by atoms with Gasteiger partial charge < -0.3 is 25.2 Å². The molecule has 6 heteroatoms. The third kappa shape index (κ3) is 2.79. The van der Waals surface area contributed by atoms with E-state index in [1.54, 1.807) is 0 Å². The van der Waals surface area contributed by atoms with Crippen LogP contribution in [0, 0.1) is 0 Å². The molecule has 0 saturated heterocycles. The first-order chi connectivity index (χ1) is 7.77. The molecule has 0 radical (unpaired) electrons. The number of aliphatic carboxylic acids is 1. The number of carbonyl (C=O) groups is 1. The summed E-state index contributed by atoms with van der Waals surface area (Å²) in [4.78, 5) is 10.7. The lowest BCUT2D eigenvalue weighted by Crippen LogP contribution is -2.37. The summed E-state index contributed by atoms with van der Waals surface area (Å²) in [6, 6.07) is 2.53. The van der Waals surface area contributed by atoms with Crippen LogP contribution in [0.15, 0.2) is 12.1 Å². The van der Waals surface area contributed by atoms with Crippen molar-refractivity contribution >= 4 is 5.97 Å². The zero-order valence-electron chi connectivity index (χ0n) is 9.47. The number of aromatic hydroxyl groups is 2. The quantitative estimate of drug-likeness (QED) is 0.572. The fourth-order valence-electron chi connectivity index (χ4n) is 1.38. The highest BCUT2D eigenvalue weighted by Crippen LogP contribution is 2.37. The lowest BCUT2D eigenvalue weighted by Gasteiger charge is -2.18. The molecule has 0 amide bonds. The molecule has 1 atom stereocenters. The molecule has 0 bridgehead atoms. The molecule has 4 N–H and O–H groups in total. The molecule has 0 fully saturated rings. The molecule has 94 valence electrons. The first-order valence-electron chi connectivity index (χ1n) is 4.82. The van der Waals surface area contributed by atoms with Crippen molar-refractivity contribution in [2.24, 2.45) is 0 Å². The predicted molar refractivity (Wildman–Crippen MR) is 58.3 cm³/mol. The van der Waals surface area contributed by atoms with Crippen molar-refractivity contribution in [3.8, 4) is 17.2 Å². The Hall–Kier alpha value is -1.95. The van der Waals surface area contributed by atoms with Crippen molar-refractivity contribution in [1.29, 1.82) is 0 Å². The topological polar surface area (TPSA) is 107 Å². The summed E-state index contributed by atoms with van der Waals surface area (Å²) in [6.45, 7) is 1.14. The number of phenols is 2. The fraction of sp³-hybridized carbons (Fsp3) is 0.364. The highest BCUT2D eigenvalue weighted by atomic mass is 16.5. The molecular weight excluding hydrogens is 228 g/mol. The Bertz CT molecular complexity index is 438. The number of rotatable bonds is 4. The van der Waals surface area contributed by atoms with E-state index in [9.17, 15) is 20.1 Å². The van der Waals surface area contributed by atoms with Crippen LogP contribution < -0.4 is 4.74 Å². The molecule has 1 aromatic carbocycles. The number of aliphatic hydroxyl groups is 1. The molecule has 0 aliphatic carbocycles. The summed E-state index contributed by atoms with van der Waals surface area (Å²) >= 11 is 0. The van der Waals surface area contributed by atoms with Crippen LogP contribution in [0.5, 0.6) is 17.2 Å². The largest absolute Gasteiger partial charge is 0.504 e. The van der Waals surface area contributed by atoms with Gasteiger partial charge >= 0.3 is 5.97 Å². The third-order valence-electron chi connectivity index (χ3n) is 2.34. The van der Waals surface area contributed by atoms with Crippen molar-refractivity contribution in [1.82, 2.24) is 0 Å². The summed E-state index contributed by atoms with van der Waals surface area (Å²) in [5.41, 5.74) is -1.61. The maximum absolute atomic E-state index is 10.7. The van der Waals surface area contributed by atoms with Gasteiger partial charge in [0.25, 0.3) is 0 Å². The van der Waals surface area contributed by atoms with Gasteiger partial charge in [-0.15, -0.1) is 0 Å². The molecule has 0 aliphatic rings. The molecule has 0 aromatic heterocycles. The zero-order chi connectivity index (χ0) is 13.2. The van der Waals surface area contributed by atoms with Gasteiger partial charge in [0, 0.05) is 6.42 Å². The van der Waals surface area contributed by atoms with E-state index in [4.69, 9.17) is 9.84 Å². The minimum Gasteiger partial charge on any atom is -0.504 e. The van der Waals surface area contributed by atoms with E-state index in [1.807, 2.05) is 0 Å². The Balaban J connectivity index is 3.09. The maximum Gasteiger partial charge on any atom is 0.335 e. The maximum atomic E-state index is 10.7. The average Bonchev–Trinajstić information content (AvgIpc) is 2.22. The van der Waals surface area contributed by atoms with Crippen molar-refractivity contribution in [3.63, 3.8) is 0 Å². The van der Waals surface area contributed by atoms with Gasteiger partial charge in [-0.1, -0.05) is 0 Å². The smallest absolute Gasteiger partial charge is 0.335 e. The lowest BCUT2D eigenvalue weighted by atomic mass is 9.96. The monoisotopic (exact) mass is 242 g/mol. The Morgan fingerprint density at radius 3 is 2.47 bits per heavy atom. The number of methoxy groups -OCH3 is 1. The molecule has 6 nitrogen and oxygen atoms in total. The van der Waals surface area contributed by atoms with Gasteiger partial charge in [-0.3, -0.25) is 0 Å². The molecule has 0 aliphatic heterocycles. The first kappa shape index (κ1) is 13.1. The Labute approximate surface area is 97.7 Å². The highest BCUT2D eigenvalue weighted by Gasteiger charge is 2.30. The van der Waals surface area contributed by atoms with Crippen LogP contribution in [0.3, 0.4) is 0 Å². The number of hydrogen-bond acceptors (Lipinski definition) is 5. The zero-order valence-corrected chi connectivity index (χ0v) is 9.47.